The van der Waals surface area contributed by atoms with Crippen molar-refractivity contribution in [3.8, 4) is 11.4 Å². The second kappa shape index (κ2) is 11.1. The molecule has 1 aliphatic rings. The van der Waals surface area contributed by atoms with E-state index in [1.807, 2.05) is 32.0 Å². The van der Waals surface area contributed by atoms with Gasteiger partial charge in [0.05, 0.1) is 12.1 Å². The molecule has 36 heavy (non-hydrogen) atoms. The highest BCUT2D eigenvalue weighted by Crippen LogP contribution is 2.32. The van der Waals surface area contributed by atoms with Crippen molar-refractivity contribution in [2.24, 2.45) is 0 Å². The van der Waals surface area contributed by atoms with E-state index in [1.165, 1.54) is 5.56 Å². The average Bonchev–Trinajstić information content (AvgIpc) is 3.15. The van der Waals surface area contributed by atoms with E-state index in [2.05, 4.69) is 33.7 Å². The number of ketones is 1. The minimum atomic E-state index is -0.680. The third-order valence-corrected chi connectivity index (χ3v) is 6.63. The van der Waals surface area contributed by atoms with Gasteiger partial charge in [-0.15, -0.1) is 0 Å². The highest BCUT2D eigenvalue weighted by Gasteiger charge is 2.24. The van der Waals surface area contributed by atoms with Crippen molar-refractivity contribution in [1.82, 2.24) is 14.4 Å². The molecule has 8 heteroatoms. The molecule has 2 aromatic carbocycles. The fraction of sp³-hybridized carbons (Fsp3) is 0.429. The summed E-state index contributed by atoms with van der Waals surface area (Å²) in [6.45, 7) is 10.9. The maximum Gasteiger partial charge on any atom is 0.409 e. The lowest BCUT2D eigenvalue weighted by atomic mass is 10.1. The number of rotatable bonds is 8. The summed E-state index contributed by atoms with van der Waals surface area (Å²) >= 11 is 0. The number of hydrogen-bond acceptors (Lipinski definition) is 6. The number of piperazine rings is 1. The summed E-state index contributed by atoms with van der Waals surface area (Å²) in [7, 11) is 0. The molecule has 1 N–H and O–H groups in total. The van der Waals surface area contributed by atoms with E-state index in [0.717, 1.165) is 22.3 Å². The molecule has 1 fully saturated rings. The summed E-state index contributed by atoms with van der Waals surface area (Å²) < 4.78 is 13.1. The zero-order chi connectivity index (χ0) is 25.8. The van der Waals surface area contributed by atoms with Crippen LogP contribution in [0.25, 0.3) is 16.6 Å². The first-order chi connectivity index (χ1) is 17.3. The molecule has 0 aliphatic carbocycles. The van der Waals surface area contributed by atoms with Crippen LogP contribution in [0.15, 0.2) is 42.5 Å². The second-order valence-electron chi connectivity index (χ2n) is 9.32. The molecule has 3 aromatic rings. The quantitative estimate of drug-likeness (QED) is 0.478. The SMILES string of the molecule is CCOC(=O)N1CCN(C[C@H](O)COc2ccc3c(c2)c(C(C)=O)c(C)n3-c2ccc(C)cc2)CC1. The standard InChI is InChI=1S/C28H35N3O5/c1-5-35-28(34)30-14-12-29(13-15-30)17-23(33)18-36-24-10-11-26-25(16-24)27(21(4)32)20(3)31(26)22-8-6-19(2)7-9-22/h6-11,16,23,33H,5,12-15,17-18H2,1-4H3/t23-/m0/s1. The van der Waals surface area contributed by atoms with Crippen LogP contribution in [0.3, 0.4) is 0 Å². The van der Waals surface area contributed by atoms with Crippen molar-refractivity contribution < 1.29 is 24.2 Å². The van der Waals surface area contributed by atoms with Crippen molar-refractivity contribution >= 4 is 22.8 Å². The number of nitrogens with zero attached hydrogens (tertiary/aromatic N) is 3. The van der Waals surface area contributed by atoms with E-state index in [4.69, 9.17) is 9.47 Å². The molecule has 0 spiro atoms. The van der Waals surface area contributed by atoms with E-state index in [1.54, 1.807) is 18.7 Å². The number of aromatic nitrogens is 1. The Labute approximate surface area is 212 Å². The summed E-state index contributed by atoms with van der Waals surface area (Å²) in [5, 5.41) is 11.4. The molecule has 0 radical (unpaired) electrons. The predicted molar refractivity (Wildman–Crippen MR) is 139 cm³/mol. The number of amides is 1. The van der Waals surface area contributed by atoms with Crippen LogP contribution in [0.2, 0.25) is 0 Å². The molecule has 1 aliphatic heterocycles. The predicted octanol–water partition coefficient (Wildman–Crippen LogP) is 3.96. The highest BCUT2D eigenvalue weighted by atomic mass is 16.6. The Morgan fingerprint density at radius 1 is 1.03 bits per heavy atom. The molecule has 2 heterocycles. The Balaban J connectivity index is 1.43. The minimum Gasteiger partial charge on any atom is -0.491 e. The summed E-state index contributed by atoms with van der Waals surface area (Å²) in [4.78, 5) is 28.2. The minimum absolute atomic E-state index is 0.00232. The van der Waals surface area contributed by atoms with Gasteiger partial charge in [-0.1, -0.05) is 17.7 Å². The molecule has 192 valence electrons. The highest BCUT2D eigenvalue weighted by molar-refractivity contribution is 6.09. The third-order valence-electron chi connectivity index (χ3n) is 6.63. The van der Waals surface area contributed by atoms with E-state index in [9.17, 15) is 14.7 Å². The fourth-order valence-electron chi connectivity index (χ4n) is 4.83. The number of β-amino-alcohol motifs (C(OH)–C–C–N with tert-alkyl or cyclic N) is 1. The number of aryl methyl sites for hydroxylation is 1. The van der Waals surface area contributed by atoms with Crippen molar-refractivity contribution in [2.45, 2.75) is 33.8 Å². The molecular weight excluding hydrogens is 458 g/mol. The van der Waals surface area contributed by atoms with Crippen LogP contribution in [0, 0.1) is 13.8 Å². The van der Waals surface area contributed by atoms with Gasteiger partial charge in [0.15, 0.2) is 5.78 Å². The first-order valence-corrected chi connectivity index (χ1v) is 12.5. The van der Waals surface area contributed by atoms with Gasteiger partial charge in [0.2, 0.25) is 0 Å². The summed E-state index contributed by atoms with van der Waals surface area (Å²) in [5.41, 5.74) is 4.68. The van der Waals surface area contributed by atoms with Crippen molar-refractivity contribution in [2.75, 3.05) is 45.9 Å². The molecule has 1 aromatic heterocycles. The number of fused-ring (bicyclic) bond motifs is 1. The molecule has 1 atom stereocenters. The van der Waals surface area contributed by atoms with Crippen LogP contribution in [0.4, 0.5) is 4.79 Å². The lowest BCUT2D eigenvalue weighted by Crippen LogP contribution is -2.51. The number of benzene rings is 2. The molecule has 1 amide bonds. The molecule has 4 rings (SSSR count). The first kappa shape index (κ1) is 25.7. The number of Topliss-reactive ketones (excluding diaryl/α,β-unsaturated/α-hetero) is 1. The van der Waals surface area contributed by atoms with Crippen LogP contribution >= 0.6 is 0 Å². The lowest BCUT2D eigenvalue weighted by Gasteiger charge is -2.34. The van der Waals surface area contributed by atoms with E-state index in [0.29, 0.717) is 50.6 Å². The van der Waals surface area contributed by atoms with Gasteiger partial charge in [-0.25, -0.2) is 4.79 Å². The number of hydrogen-bond donors (Lipinski definition) is 1. The topological polar surface area (TPSA) is 84.2 Å². The number of carbonyl (C=O) groups is 2. The monoisotopic (exact) mass is 493 g/mol. The number of carbonyl (C=O) groups excluding carboxylic acids is 2. The number of ether oxygens (including phenoxy) is 2. The van der Waals surface area contributed by atoms with E-state index >= 15 is 0 Å². The normalized spacial score (nSPS) is 15.2. The van der Waals surface area contributed by atoms with Crippen LogP contribution in [0.1, 0.15) is 35.5 Å². The number of aliphatic hydroxyl groups is 1. The van der Waals surface area contributed by atoms with Gasteiger partial charge in [-0.05, 0) is 58.0 Å². The Bertz CT molecular complexity index is 1230. The van der Waals surface area contributed by atoms with Gasteiger partial charge < -0.3 is 24.0 Å². The zero-order valence-electron chi connectivity index (χ0n) is 21.5. The molecule has 0 bridgehead atoms. The summed E-state index contributed by atoms with van der Waals surface area (Å²) in [5.74, 6) is 0.611. The van der Waals surface area contributed by atoms with Gasteiger partial charge in [0.1, 0.15) is 18.5 Å². The Kier molecular flexibility index (Phi) is 7.96. The van der Waals surface area contributed by atoms with Crippen molar-refractivity contribution in [3.63, 3.8) is 0 Å². The molecule has 0 saturated carbocycles. The molecular formula is C28H35N3O5. The molecule has 8 nitrogen and oxygen atoms in total. The Morgan fingerprint density at radius 2 is 1.72 bits per heavy atom. The largest absolute Gasteiger partial charge is 0.491 e. The van der Waals surface area contributed by atoms with Gasteiger partial charge >= 0.3 is 6.09 Å². The maximum atomic E-state index is 12.5. The Hall–Kier alpha value is -3.36. The van der Waals surface area contributed by atoms with Crippen LogP contribution < -0.4 is 4.74 Å². The average molecular weight is 494 g/mol. The van der Waals surface area contributed by atoms with Gasteiger partial charge in [-0.2, -0.15) is 0 Å². The van der Waals surface area contributed by atoms with Crippen LogP contribution in [0.5, 0.6) is 5.75 Å². The van der Waals surface area contributed by atoms with Crippen molar-refractivity contribution in [3.05, 3.63) is 59.3 Å². The fourth-order valence-corrected chi connectivity index (χ4v) is 4.83. The van der Waals surface area contributed by atoms with E-state index in [-0.39, 0.29) is 18.5 Å². The van der Waals surface area contributed by atoms with Crippen molar-refractivity contribution in [1.29, 1.82) is 0 Å². The smallest absolute Gasteiger partial charge is 0.409 e. The summed E-state index contributed by atoms with van der Waals surface area (Å²) in [6.07, 6.45) is -0.964. The van der Waals surface area contributed by atoms with E-state index < -0.39 is 6.10 Å². The zero-order valence-corrected chi connectivity index (χ0v) is 21.5. The maximum absolute atomic E-state index is 12.5. The van der Waals surface area contributed by atoms with Crippen LogP contribution in [-0.4, -0.2) is 83.4 Å². The van der Waals surface area contributed by atoms with Gasteiger partial charge in [0.25, 0.3) is 0 Å². The molecule has 1 saturated heterocycles. The Morgan fingerprint density at radius 3 is 2.36 bits per heavy atom. The van der Waals surface area contributed by atoms with Gasteiger partial charge in [-0.3, -0.25) is 9.69 Å². The number of aliphatic hydroxyl groups excluding tert-OH is 1. The first-order valence-electron chi connectivity index (χ1n) is 12.5. The third kappa shape index (κ3) is 5.55. The second-order valence-corrected chi connectivity index (χ2v) is 9.32. The molecule has 0 unspecified atom stereocenters. The van der Waals surface area contributed by atoms with Crippen LogP contribution in [-0.2, 0) is 4.74 Å². The lowest BCUT2D eigenvalue weighted by molar-refractivity contribution is 0.0408. The van der Waals surface area contributed by atoms with Gasteiger partial charge in [0, 0.05) is 55.1 Å². The summed E-state index contributed by atoms with van der Waals surface area (Å²) in [6, 6.07) is 14.0.